The zero-order valence-corrected chi connectivity index (χ0v) is 13.8. The van der Waals surface area contributed by atoms with Gasteiger partial charge in [-0.3, -0.25) is 0 Å². The van der Waals surface area contributed by atoms with E-state index >= 15 is 0 Å². The van der Waals surface area contributed by atoms with Crippen LogP contribution >= 0.6 is 34.2 Å². The van der Waals surface area contributed by atoms with Gasteiger partial charge in [-0.1, -0.05) is 17.7 Å². The van der Waals surface area contributed by atoms with Crippen molar-refractivity contribution in [2.45, 2.75) is 13.5 Å². The molecule has 5 heteroatoms. The standard InChI is InChI=1S/C15H13ClIN3/c1-2-20-14-11(16)4-3-5-13(14)19-15(20)10-8-9(17)6-7-12(10)18/h3-8H,2,18H2,1H3. The lowest BCUT2D eigenvalue weighted by atomic mass is 10.1. The molecule has 0 saturated carbocycles. The van der Waals surface area contributed by atoms with Gasteiger partial charge in [0.1, 0.15) is 5.82 Å². The Hall–Kier alpha value is -1.27. The molecule has 3 rings (SSSR count). The molecule has 102 valence electrons. The molecule has 0 saturated heterocycles. The first kappa shape index (κ1) is 13.7. The summed E-state index contributed by atoms with van der Waals surface area (Å²) in [6, 6.07) is 11.7. The molecule has 1 heterocycles. The molecule has 3 aromatic rings. The van der Waals surface area contributed by atoms with Crippen LogP contribution in [0.3, 0.4) is 0 Å². The monoisotopic (exact) mass is 397 g/mol. The average Bonchev–Trinajstić information content (AvgIpc) is 2.81. The molecule has 0 radical (unpaired) electrons. The minimum absolute atomic E-state index is 0.715. The molecule has 0 aliphatic rings. The van der Waals surface area contributed by atoms with E-state index < -0.39 is 0 Å². The Labute approximate surface area is 135 Å². The van der Waals surface area contributed by atoms with Gasteiger partial charge in [0.15, 0.2) is 0 Å². The number of imidazole rings is 1. The van der Waals surface area contributed by atoms with Gasteiger partial charge in [-0.15, -0.1) is 0 Å². The van der Waals surface area contributed by atoms with Crippen molar-refractivity contribution in [2.75, 3.05) is 5.73 Å². The molecular formula is C15H13ClIN3. The highest BCUT2D eigenvalue weighted by molar-refractivity contribution is 14.1. The molecule has 20 heavy (non-hydrogen) atoms. The summed E-state index contributed by atoms with van der Waals surface area (Å²) in [6.45, 7) is 2.87. The number of nitrogen functional groups attached to an aromatic ring is 1. The van der Waals surface area contributed by atoms with Crippen molar-refractivity contribution in [2.24, 2.45) is 0 Å². The van der Waals surface area contributed by atoms with Crippen molar-refractivity contribution >= 4 is 50.9 Å². The third kappa shape index (κ3) is 2.16. The first-order valence-corrected chi connectivity index (χ1v) is 7.77. The van der Waals surface area contributed by atoms with Crippen LogP contribution in [0.4, 0.5) is 5.69 Å². The summed E-state index contributed by atoms with van der Waals surface area (Å²) in [4.78, 5) is 4.71. The van der Waals surface area contributed by atoms with Crippen LogP contribution in [0.5, 0.6) is 0 Å². The fraction of sp³-hybridized carbons (Fsp3) is 0.133. The van der Waals surface area contributed by atoms with Gasteiger partial charge in [0.05, 0.1) is 16.1 Å². The Morgan fingerprint density at radius 1 is 1.30 bits per heavy atom. The predicted octanol–water partition coefficient (Wildman–Crippen LogP) is 4.56. The second kappa shape index (κ2) is 5.26. The van der Waals surface area contributed by atoms with E-state index in [1.807, 2.05) is 30.3 Å². The topological polar surface area (TPSA) is 43.8 Å². The van der Waals surface area contributed by atoms with Gasteiger partial charge in [0.2, 0.25) is 0 Å². The zero-order valence-electron chi connectivity index (χ0n) is 10.9. The van der Waals surface area contributed by atoms with Crippen molar-refractivity contribution in [1.29, 1.82) is 0 Å². The summed E-state index contributed by atoms with van der Waals surface area (Å²) in [6.07, 6.45) is 0. The Bertz CT molecular complexity index is 795. The molecule has 0 bridgehead atoms. The van der Waals surface area contributed by atoms with E-state index in [4.69, 9.17) is 22.3 Å². The molecule has 0 amide bonds. The van der Waals surface area contributed by atoms with Crippen LogP contribution in [0.2, 0.25) is 5.02 Å². The number of aryl methyl sites for hydroxylation is 1. The lowest BCUT2D eigenvalue weighted by Gasteiger charge is -2.09. The second-order valence-corrected chi connectivity index (χ2v) is 6.17. The van der Waals surface area contributed by atoms with Gasteiger partial charge < -0.3 is 10.3 Å². The van der Waals surface area contributed by atoms with Gasteiger partial charge >= 0.3 is 0 Å². The quantitative estimate of drug-likeness (QED) is 0.509. The smallest absolute Gasteiger partial charge is 0.143 e. The number of hydrogen-bond donors (Lipinski definition) is 1. The van der Waals surface area contributed by atoms with Crippen molar-refractivity contribution < 1.29 is 0 Å². The summed E-state index contributed by atoms with van der Waals surface area (Å²) in [7, 11) is 0. The SMILES string of the molecule is CCn1c(-c2cc(I)ccc2N)nc2cccc(Cl)c21. The average molecular weight is 398 g/mol. The third-order valence-corrected chi connectivity index (χ3v) is 4.27. The summed E-state index contributed by atoms with van der Waals surface area (Å²) in [5, 5.41) is 0.715. The Kier molecular flexibility index (Phi) is 3.60. The van der Waals surface area contributed by atoms with Crippen LogP contribution in [0.1, 0.15) is 6.92 Å². The van der Waals surface area contributed by atoms with Crippen LogP contribution in [-0.4, -0.2) is 9.55 Å². The minimum Gasteiger partial charge on any atom is -0.398 e. The predicted molar refractivity (Wildman–Crippen MR) is 93.0 cm³/mol. The van der Waals surface area contributed by atoms with Crippen molar-refractivity contribution in [3.63, 3.8) is 0 Å². The maximum Gasteiger partial charge on any atom is 0.143 e. The van der Waals surface area contributed by atoms with E-state index in [2.05, 4.69) is 40.1 Å². The lowest BCUT2D eigenvalue weighted by molar-refractivity contribution is 0.796. The number of fused-ring (bicyclic) bond motifs is 1. The largest absolute Gasteiger partial charge is 0.398 e. The van der Waals surface area contributed by atoms with E-state index in [1.54, 1.807) is 0 Å². The summed E-state index contributed by atoms with van der Waals surface area (Å²) in [5.41, 5.74) is 9.65. The van der Waals surface area contributed by atoms with Gasteiger partial charge in [0.25, 0.3) is 0 Å². The second-order valence-electron chi connectivity index (χ2n) is 4.52. The first-order valence-electron chi connectivity index (χ1n) is 6.32. The maximum absolute atomic E-state index is 6.32. The molecule has 0 aliphatic heterocycles. The van der Waals surface area contributed by atoms with E-state index in [-0.39, 0.29) is 0 Å². The number of hydrogen-bond acceptors (Lipinski definition) is 2. The van der Waals surface area contributed by atoms with Crippen molar-refractivity contribution in [3.05, 3.63) is 45.0 Å². The highest BCUT2D eigenvalue weighted by atomic mass is 127. The summed E-state index contributed by atoms with van der Waals surface area (Å²) < 4.78 is 3.24. The van der Waals surface area contributed by atoms with E-state index in [1.165, 1.54) is 0 Å². The number of nitrogens with zero attached hydrogens (tertiary/aromatic N) is 2. The van der Waals surface area contributed by atoms with Gasteiger partial charge in [-0.05, 0) is 59.8 Å². The molecule has 0 spiro atoms. The normalized spacial score (nSPS) is 11.2. The lowest BCUT2D eigenvalue weighted by Crippen LogP contribution is -2.00. The van der Waals surface area contributed by atoms with Crippen LogP contribution in [0.15, 0.2) is 36.4 Å². The number of aromatic nitrogens is 2. The molecule has 0 unspecified atom stereocenters. The minimum atomic E-state index is 0.715. The highest BCUT2D eigenvalue weighted by Crippen LogP contribution is 2.32. The molecule has 0 aliphatic carbocycles. The number of anilines is 1. The fourth-order valence-electron chi connectivity index (χ4n) is 2.38. The molecule has 2 aromatic carbocycles. The van der Waals surface area contributed by atoms with Gasteiger partial charge in [-0.25, -0.2) is 4.98 Å². The molecular weight excluding hydrogens is 385 g/mol. The Morgan fingerprint density at radius 2 is 2.10 bits per heavy atom. The van der Waals surface area contributed by atoms with E-state index in [0.717, 1.165) is 38.2 Å². The Morgan fingerprint density at radius 3 is 2.85 bits per heavy atom. The van der Waals surface area contributed by atoms with Crippen LogP contribution < -0.4 is 5.73 Å². The van der Waals surface area contributed by atoms with Crippen LogP contribution in [-0.2, 0) is 6.54 Å². The van der Waals surface area contributed by atoms with Gasteiger partial charge in [0, 0.05) is 21.4 Å². The molecule has 0 atom stereocenters. The fourth-order valence-corrected chi connectivity index (χ4v) is 3.14. The highest BCUT2D eigenvalue weighted by Gasteiger charge is 2.15. The van der Waals surface area contributed by atoms with Crippen LogP contribution in [0, 0.1) is 3.57 Å². The molecule has 0 fully saturated rings. The molecule has 2 N–H and O–H groups in total. The third-order valence-electron chi connectivity index (χ3n) is 3.29. The molecule has 3 nitrogen and oxygen atoms in total. The van der Waals surface area contributed by atoms with E-state index in [9.17, 15) is 0 Å². The van der Waals surface area contributed by atoms with Crippen molar-refractivity contribution in [3.8, 4) is 11.4 Å². The Balaban J connectivity index is 2.36. The summed E-state index contributed by atoms with van der Waals surface area (Å²) >= 11 is 8.60. The van der Waals surface area contributed by atoms with Gasteiger partial charge in [-0.2, -0.15) is 0 Å². The number of halogens is 2. The summed E-state index contributed by atoms with van der Waals surface area (Å²) in [5.74, 6) is 0.867. The number of nitrogens with two attached hydrogens (primary N) is 1. The van der Waals surface area contributed by atoms with E-state index in [0.29, 0.717) is 5.02 Å². The number of rotatable bonds is 2. The number of benzene rings is 2. The number of para-hydroxylation sites is 1. The first-order chi connectivity index (χ1) is 9.61. The molecule has 1 aromatic heterocycles. The maximum atomic E-state index is 6.32. The zero-order chi connectivity index (χ0) is 14.3. The van der Waals surface area contributed by atoms with Crippen molar-refractivity contribution in [1.82, 2.24) is 9.55 Å². The van der Waals surface area contributed by atoms with Crippen LogP contribution in [0.25, 0.3) is 22.4 Å².